The second-order valence-corrected chi connectivity index (χ2v) is 7.35. The van der Waals surface area contributed by atoms with E-state index in [1.807, 2.05) is 29.1 Å². The van der Waals surface area contributed by atoms with Crippen LogP contribution in [0.25, 0.3) is 10.6 Å². The van der Waals surface area contributed by atoms with Gasteiger partial charge in [0.1, 0.15) is 5.69 Å². The number of hydrogen-bond donors (Lipinski definition) is 1. The maximum atomic E-state index is 6.07. The number of aromatic nitrogens is 2. The van der Waals surface area contributed by atoms with E-state index in [-0.39, 0.29) is 0 Å². The topological polar surface area (TPSA) is 43.8 Å². The highest BCUT2D eigenvalue weighted by molar-refractivity contribution is 9.11. The van der Waals surface area contributed by atoms with Gasteiger partial charge in [0.15, 0.2) is 0 Å². The second kappa shape index (κ2) is 6.45. The van der Waals surface area contributed by atoms with Crippen LogP contribution in [0.1, 0.15) is 12.0 Å². The highest BCUT2D eigenvalue weighted by Crippen LogP contribution is 2.33. The van der Waals surface area contributed by atoms with E-state index in [1.54, 1.807) is 11.3 Å². The van der Waals surface area contributed by atoms with Crippen molar-refractivity contribution >= 4 is 33.0 Å². The van der Waals surface area contributed by atoms with Crippen LogP contribution in [0.4, 0.5) is 5.69 Å². The van der Waals surface area contributed by atoms with Crippen LogP contribution in [0.15, 0.2) is 52.4 Å². The Morgan fingerprint density at radius 1 is 1.14 bits per heavy atom. The lowest BCUT2D eigenvalue weighted by Gasteiger charge is -2.02. The molecule has 2 heterocycles. The third kappa shape index (κ3) is 3.54. The number of aryl methyl sites for hydroxylation is 2. The second-order valence-electron chi connectivity index (χ2n) is 4.89. The van der Waals surface area contributed by atoms with Crippen LogP contribution in [-0.4, -0.2) is 9.78 Å². The van der Waals surface area contributed by atoms with Gasteiger partial charge in [0, 0.05) is 12.7 Å². The van der Waals surface area contributed by atoms with Crippen molar-refractivity contribution in [3.8, 4) is 10.6 Å². The largest absolute Gasteiger partial charge is 0.396 e. The molecule has 108 valence electrons. The molecule has 0 spiro atoms. The van der Waals surface area contributed by atoms with Gasteiger partial charge in [-0.1, -0.05) is 30.3 Å². The van der Waals surface area contributed by atoms with E-state index >= 15 is 0 Å². The van der Waals surface area contributed by atoms with Crippen molar-refractivity contribution < 1.29 is 0 Å². The fourth-order valence-electron chi connectivity index (χ4n) is 2.27. The van der Waals surface area contributed by atoms with E-state index in [0.29, 0.717) is 0 Å². The molecule has 0 unspecified atom stereocenters. The number of halogens is 1. The number of nitrogens with zero attached hydrogens (tertiary/aromatic N) is 2. The first kappa shape index (κ1) is 14.4. The normalized spacial score (nSPS) is 10.9. The van der Waals surface area contributed by atoms with Crippen LogP contribution in [0, 0.1) is 0 Å². The van der Waals surface area contributed by atoms with Gasteiger partial charge in [-0.2, -0.15) is 5.10 Å². The summed E-state index contributed by atoms with van der Waals surface area (Å²) in [5, 5.41) is 4.61. The molecule has 0 aliphatic heterocycles. The highest BCUT2D eigenvalue weighted by Gasteiger charge is 2.10. The minimum absolute atomic E-state index is 0.740. The predicted molar refractivity (Wildman–Crippen MR) is 92.4 cm³/mol. The standard InChI is InChI=1S/C16H16BrN3S/c17-15-9-8-14(21-15)16-13(18)11-20(19-16)10-4-7-12-5-2-1-3-6-12/h1-3,5-6,8-9,11H,4,7,10,18H2. The number of nitrogens with two attached hydrogens (primary N) is 1. The van der Waals surface area contributed by atoms with Crippen molar-refractivity contribution in [2.24, 2.45) is 0 Å². The predicted octanol–water partition coefficient (Wildman–Crippen LogP) is 4.59. The van der Waals surface area contributed by atoms with E-state index in [2.05, 4.69) is 45.3 Å². The summed E-state index contributed by atoms with van der Waals surface area (Å²) in [6.07, 6.45) is 4.03. The lowest BCUT2D eigenvalue weighted by atomic mass is 10.1. The molecule has 0 saturated heterocycles. The van der Waals surface area contributed by atoms with Crippen LogP contribution in [0.5, 0.6) is 0 Å². The first-order chi connectivity index (χ1) is 10.2. The summed E-state index contributed by atoms with van der Waals surface area (Å²) in [5.74, 6) is 0. The van der Waals surface area contributed by atoms with Crippen molar-refractivity contribution in [2.45, 2.75) is 19.4 Å². The van der Waals surface area contributed by atoms with Gasteiger partial charge in [-0.15, -0.1) is 11.3 Å². The summed E-state index contributed by atoms with van der Waals surface area (Å²) in [5.41, 5.74) is 9.05. The molecular weight excluding hydrogens is 346 g/mol. The molecule has 3 rings (SSSR count). The van der Waals surface area contributed by atoms with Crippen molar-refractivity contribution in [1.82, 2.24) is 9.78 Å². The Morgan fingerprint density at radius 2 is 1.95 bits per heavy atom. The van der Waals surface area contributed by atoms with E-state index < -0.39 is 0 Å². The molecule has 2 N–H and O–H groups in total. The van der Waals surface area contributed by atoms with Gasteiger partial charge in [0.2, 0.25) is 0 Å². The first-order valence-corrected chi connectivity index (χ1v) is 8.46. The lowest BCUT2D eigenvalue weighted by molar-refractivity contribution is 0.580. The Bertz CT molecular complexity index is 718. The lowest BCUT2D eigenvalue weighted by Crippen LogP contribution is -2.00. The summed E-state index contributed by atoms with van der Waals surface area (Å²) in [7, 11) is 0. The smallest absolute Gasteiger partial charge is 0.125 e. The Kier molecular flexibility index (Phi) is 4.41. The molecule has 0 atom stereocenters. The summed E-state index contributed by atoms with van der Waals surface area (Å²) in [6.45, 7) is 0.881. The van der Waals surface area contributed by atoms with Crippen molar-refractivity contribution in [3.05, 3.63) is 58.0 Å². The van der Waals surface area contributed by atoms with Gasteiger partial charge in [-0.3, -0.25) is 4.68 Å². The minimum Gasteiger partial charge on any atom is -0.396 e. The molecule has 2 aromatic heterocycles. The number of benzene rings is 1. The molecule has 0 aliphatic carbocycles. The van der Waals surface area contributed by atoms with Gasteiger partial charge < -0.3 is 5.73 Å². The van der Waals surface area contributed by atoms with Crippen LogP contribution in [0.2, 0.25) is 0 Å². The summed E-state index contributed by atoms with van der Waals surface area (Å²) in [4.78, 5) is 1.10. The van der Waals surface area contributed by atoms with Gasteiger partial charge in [-0.25, -0.2) is 0 Å². The average molecular weight is 362 g/mol. The van der Waals surface area contributed by atoms with Crippen LogP contribution in [0.3, 0.4) is 0 Å². The molecule has 3 aromatic rings. The van der Waals surface area contributed by atoms with Crippen LogP contribution < -0.4 is 5.73 Å². The fourth-order valence-corrected chi connectivity index (χ4v) is 3.67. The molecule has 0 saturated carbocycles. The number of hydrogen-bond acceptors (Lipinski definition) is 3. The van der Waals surface area contributed by atoms with Crippen molar-refractivity contribution in [2.75, 3.05) is 5.73 Å². The number of rotatable bonds is 5. The molecular formula is C16H16BrN3S. The quantitative estimate of drug-likeness (QED) is 0.722. The van der Waals surface area contributed by atoms with Gasteiger partial charge in [-0.05, 0) is 46.5 Å². The molecule has 0 amide bonds. The zero-order valence-corrected chi connectivity index (χ0v) is 13.9. The van der Waals surface area contributed by atoms with E-state index in [0.717, 1.165) is 39.4 Å². The zero-order valence-electron chi connectivity index (χ0n) is 11.5. The van der Waals surface area contributed by atoms with Gasteiger partial charge in [0.05, 0.1) is 14.4 Å². The maximum Gasteiger partial charge on any atom is 0.125 e. The van der Waals surface area contributed by atoms with Crippen LogP contribution in [-0.2, 0) is 13.0 Å². The number of thiophene rings is 1. The minimum atomic E-state index is 0.740. The molecule has 5 heteroatoms. The van der Waals surface area contributed by atoms with Gasteiger partial charge in [0.25, 0.3) is 0 Å². The summed E-state index contributed by atoms with van der Waals surface area (Å²) in [6, 6.07) is 14.6. The SMILES string of the molecule is Nc1cn(CCCc2ccccc2)nc1-c1ccc(Br)s1. The summed E-state index contributed by atoms with van der Waals surface area (Å²) >= 11 is 5.12. The van der Waals surface area contributed by atoms with E-state index in [1.165, 1.54) is 5.56 Å². The molecule has 1 aromatic carbocycles. The summed E-state index contributed by atoms with van der Waals surface area (Å²) < 4.78 is 3.04. The van der Waals surface area contributed by atoms with E-state index in [9.17, 15) is 0 Å². The number of nitrogen functional groups attached to an aromatic ring is 1. The molecule has 3 nitrogen and oxygen atoms in total. The molecule has 21 heavy (non-hydrogen) atoms. The Labute approximate surface area is 136 Å². The van der Waals surface area contributed by atoms with E-state index in [4.69, 9.17) is 5.73 Å². The van der Waals surface area contributed by atoms with Crippen LogP contribution >= 0.6 is 27.3 Å². The Morgan fingerprint density at radius 3 is 2.67 bits per heavy atom. The zero-order chi connectivity index (χ0) is 14.7. The molecule has 0 aliphatic rings. The average Bonchev–Trinajstić information content (AvgIpc) is 3.06. The number of anilines is 1. The molecule has 0 bridgehead atoms. The van der Waals surface area contributed by atoms with Crippen molar-refractivity contribution in [1.29, 1.82) is 0 Å². The fraction of sp³-hybridized carbons (Fsp3) is 0.188. The third-order valence-electron chi connectivity index (χ3n) is 3.29. The van der Waals surface area contributed by atoms with Gasteiger partial charge >= 0.3 is 0 Å². The molecule has 0 fully saturated rings. The monoisotopic (exact) mass is 361 g/mol. The first-order valence-electron chi connectivity index (χ1n) is 6.85. The Balaban J connectivity index is 1.64. The maximum absolute atomic E-state index is 6.07. The molecule has 0 radical (unpaired) electrons. The highest BCUT2D eigenvalue weighted by atomic mass is 79.9. The van der Waals surface area contributed by atoms with Crippen molar-refractivity contribution in [3.63, 3.8) is 0 Å². The Hall–Kier alpha value is -1.59. The third-order valence-corrected chi connectivity index (χ3v) is 4.92.